The maximum absolute atomic E-state index is 12.3. The lowest BCUT2D eigenvalue weighted by Gasteiger charge is -2.18. The predicted octanol–water partition coefficient (Wildman–Crippen LogP) is 4.37. The Kier molecular flexibility index (Phi) is 5.39. The molecular formula is C26H23NO5. The first-order chi connectivity index (χ1) is 15.6. The van der Waals surface area contributed by atoms with Gasteiger partial charge in [-0.2, -0.15) is 0 Å². The summed E-state index contributed by atoms with van der Waals surface area (Å²) in [6.45, 7) is 0.0300. The molecule has 3 N–H and O–H groups in total. The predicted molar refractivity (Wildman–Crippen MR) is 120 cm³/mol. The monoisotopic (exact) mass is 429 g/mol. The first kappa shape index (κ1) is 20.3. The number of para-hydroxylation sites is 1. The molecule has 6 heteroatoms. The Bertz CT molecular complexity index is 1220. The van der Waals surface area contributed by atoms with Crippen molar-refractivity contribution in [1.82, 2.24) is 5.32 Å². The summed E-state index contributed by atoms with van der Waals surface area (Å²) in [6, 6.07) is 23.5. The van der Waals surface area contributed by atoms with Crippen molar-refractivity contribution in [3.05, 3.63) is 95.7 Å². The number of furan rings is 1. The number of benzene rings is 3. The molecule has 0 aliphatic heterocycles. The Balaban J connectivity index is 1.20. The molecule has 0 spiro atoms. The number of carbonyl (C=O) groups excluding carboxylic acids is 1. The molecule has 0 radical (unpaired) electrons. The van der Waals surface area contributed by atoms with Crippen LogP contribution in [0.15, 0.2) is 83.5 Å². The van der Waals surface area contributed by atoms with Gasteiger partial charge in [-0.05, 0) is 28.3 Å². The Morgan fingerprint density at radius 1 is 0.938 bits per heavy atom. The number of aliphatic hydroxyl groups excluding tert-OH is 2. The van der Waals surface area contributed by atoms with Gasteiger partial charge < -0.3 is 24.7 Å². The van der Waals surface area contributed by atoms with E-state index in [2.05, 4.69) is 29.6 Å². The molecule has 0 fully saturated rings. The molecule has 2 atom stereocenters. The van der Waals surface area contributed by atoms with Crippen LogP contribution in [0.3, 0.4) is 0 Å². The van der Waals surface area contributed by atoms with Gasteiger partial charge in [0, 0.05) is 23.4 Å². The Labute approximate surface area is 185 Å². The van der Waals surface area contributed by atoms with Crippen molar-refractivity contribution in [2.75, 3.05) is 13.2 Å². The molecule has 1 aromatic heterocycles. The lowest BCUT2D eigenvalue weighted by Crippen LogP contribution is -2.36. The molecule has 1 aliphatic rings. The van der Waals surface area contributed by atoms with E-state index in [-0.39, 0.29) is 19.1 Å². The van der Waals surface area contributed by atoms with Crippen molar-refractivity contribution in [2.24, 2.45) is 0 Å². The largest absolute Gasteiger partial charge is 0.464 e. The summed E-state index contributed by atoms with van der Waals surface area (Å²) in [6.07, 6.45) is -1.63. The SMILES string of the molecule is O=C(NCC(O)C(O)c1coc2ccccc12)OCC1c2ccccc2-c2ccccc21. The number of aliphatic hydroxyl groups is 2. The van der Waals surface area contributed by atoms with E-state index in [9.17, 15) is 15.0 Å². The molecule has 5 rings (SSSR count). The van der Waals surface area contributed by atoms with Gasteiger partial charge in [0.2, 0.25) is 0 Å². The zero-order valence-electron chi connectivity index (χ0n) is 17.3. The number of hydrogen-bond donors (Lipinski definition) is 3. The van der Waals surface area contributed by atoms with Gasteiger partial charge in [-0.1, -0.05) is 66.7 Å². The number of ether oxygens (including phenoxy) is 1. The summed E-state index contributed by atoms with van der Waals surface area (Å²) in [5.74, 6) is -0.0408. The third kappa shape index (κ3) is 3.64. The van der Waals surface area contributed by atoms with Gasteiger partial charge in [-0.15, -0.1) is 0 Å². The highest BCUT2D eigenvalue weighted by Gasteiger charge is 2.29. The topological polar surface area (TPSA) is 91.9 Å². The fraction of sp³-hybridized carbons (Fsp3) is 0.192. The van der Waals surface area contributed by atoms with Gasteiger partial charge in [-0.25, -0.2) is 4.79 Å². The molecular weight excluding hydrogens is 406 g/mol. The zero-order chi connectivity index (χ0) is 22.1. The van der Waals surface area contributed by atoms with E-state index in [1.54, 1.807) is 6.07 Å². The summed E-state index contributed by atoms with van der Waals surface area (Å²) >= 11 is 0. The second kappa shape index (κ2) is 8.49. The van der Waals surface area contributed by atoms with Crippen molar-refractivity contribution in [3.63, 3.8) is 0 Å². The molecule has 0 bridgehead atoms. The van der Waals surface area contributed by atoms with E-state index >= 15 is 0 Å². The molecule has 2 unspecified atom stereocenters. The van der Waals surface area contributed by atoms with Gasteiger partial charge in [-0.3, -0.25) is 0 Å². The van der Waals surface area contributed by atoms with Crippen molar-refractivity contribution < 1.29 is 24.2 Å². The number of fused-ring (bicyclic) bond motifs is 4. The number of hydrogen-bond acceptors (Lipinski definition) is 5. The average molecular weight is 429 g/mol. The van der Waals surface area contributed by atoms with Crippen LogP contribution in [0, 0.1) is 0 Å². The van der Waals surface area contributed by atoms with Crippen LogP contribution in [0.4, 0.5) is 4.79 Å². The van der Waals surface area contributed by atoms with Crippen molar-refractivity contribution in [3.8, 4) is 11.1 Å². The molecule has 162 valence electrons. The number of amides is 1. The van der Waals surface area contributed by atoms with Gasteiger partial charge in [0.15, 0.2) is 0 Å². The first-order valence-electron chi connectivity index (χ1n) is 10.5. The van der Waals surface area contributed by atoms with E-state index in [1.165, 1.54) is 6.26 Å². The lowest BCUT2D eigenvalue weighted by molar-refractivity contribution is 0.0189. The standard InChI is InChI=1S/C26H23NO5/c28-23(25(29)22-15-31-24-12-6-5-11-20(22)24)13-27-26(30)32-14-21-18-9-3-1-7-16(18)17-8-2-4-10-19(17)21/h1-12,15,21,23,25,28-29H,13-14H2,(H,27,30). The quantitative estimate of drug-likeness (QED) is 0.423. The van der Waals surface area contributed by atoms with E-state index in [0.29, 0.717) is 11.1 Å². The molecule has 1 amide bonds. The molecule has 1 heterocycles. The fourth-order valence-corrected chi connectivity index (χ4v) is 4.38. The van der Waals surface area contributed by atoms with Crippen LogP contribution in [-0.4, -0.2) is 35.6 Å². The Morgan fingerprint density at radius 3 is 2.28 bits per heavy atom. The van der Waals surface area contributed by atoms with Gasteiger partial charge >= 0.3 is 6.09 Å². The van der Waals surface area contributed by atoms with Gasteiger partial charge in [0.1, 0.15) is 24.4 Å². The van der Waals surface area contributed by atoms with Crippen molar-refractivity contribution in [2.45, 2.75) is 18.1 Å². The van der Waals surface area contributed by atoms with Crippen molar-refractivity contribution in [1.29, 1.82) is 0 Å². The summed E-state index contributed by atoms with van der Waals surface area (Å²) in [5.41, 5.74) is 5.67. The normalized spacial score (nSPS) is 14.6. The molecule has 0 saturated heterocycles. The highest BCUT2D eigenvalue weighted by atomic mass is 16.5. The molecule has 0 saturated carbocycles. The highest BCUT2D eigenvalue weighted by Crippen LogP contribution is 2.44. The molecule has 4 aromatic rings. The second-order valence-electron chi connectivity index (χ2n) is 7.91. The number of alkyl carbamates (subject to hydrolysis) is 1. The highest BCUT2D eigenvalue weighted by molar-refractivity contribution is 5.81. The van der Waals surface area contributed by atoms with Crippen LogP contribution in [0.5, 0.6) is 0 Å². The zero-order valence-corrected chi connectivity index (χ0v) is 17.3. The molecule has 6 nitrogen and oxygen atoms in total. The van der Waals surface area contributed by atoms with E-state index < -0.39 is 18.3 Å². The minimum atomic E-state index is -1.21. The molecule has 32 heavy (non-hydrogen) atoms. The van der Waals surface area contributed by atoms with Crippen LogP contribution < -0.4 is 5.32 Å². The minimum Gasteiger partial charge on any atom is -0.464 e. The van der Waals surface area contributed by atoms with Gasteiger partial charge in [0.25, 0.3) is 0 Å². The summed E-state index contributed by atoms with van der Waals surface area (Å²) in [5, 5.41) is 24.1. The summed E-state index contributed by atoms with van der Waals surface area (Å²) < 4.78 is 10.9. The summed E-state index contributed by atoms with van der Waals surface area (Å²) in [4.78, 5) is 12.3. The van der Waals surface area contributed by atoms with E-state index in [1.807, 2.05) is 42.5 Å². The van der Waals surface area contributed by atoms with Crippen LogP contribution in [0.25, 0.3) is 22.1 Å². The third-order valence-corrected chi connectivity index (χ3v) is 5.99. The maximum atomic E-state index is 12.3. The fourth-order valence-electron chi connectivity index (χ4n) is 4.38. The average Bonchev–Trinajstić information content (AvgIpc) is 3.40. The van der Waals surface area contributed by atoms with Crippen molar-refractivity contribution >= 4 is 17.1 Å². The van der Waals surface area contributed by atoms with E-state index in [4.69, 9.17) is 9.15 Å². The van der Waals surface area contributed by atoms with Gasteiger partial charge in [0.05, 0.1) is 6.26 Å². The number of carbonyl (C=O) groups is 1. The third-order valence-electron chi connectivity index (χ3n) is 5.99. The van der Waals surface area contributed by atoms with E-state index in [0.717, 1.165) is 27.6 Å². The number of nitrogens with one attached hydrogen (secondary N) is 1. The molecule has 3 aromatic carbocycles. The lowest BCUT2D eigenvalue weighted by atomic mass is 9.98. The maximum Gasteiger partial charge on any atom is 0.407 e. The van der Waals surface area contributed by atoms with Crippen LogP contribution in [-0.2, 0) is 4.74 Å². The second-order valence-corrected chi connectivity index (χ2v) is 7.91. The summed E-state index contributed by atoms with van der Waals surface area (Å²) in [7, 11) is 0. The Morgan fingerprint density at radius 2 is 1.56 bits per heavy atom. The van der Waals surface area contributed by atoms with Crippen LogP contribution in [0.1, 0.15) is 28.7 Å². The first-order valence-corrected chi connectivity index (χ1v) is 10.5. The van der Waals surface area contributed by atoms with Crippen LogP contribution >= 0.6 is 0 Å². The smallest absolute Gasteiger partial charge is 0.407 e. The van der Waals surface area contributed by atoms with Crippen LogP contribution in [0.2, 0.25) is 0 Å². The number of rotatable bonds is 6. The molecule has 1 aliphatic carbocycles. The minimum absolute atomic E-state index is 0.0408. The Hall–Kier alpha value is -3.61.